The molecule has 19 heavy (non-hydrogen) atoms. The minimum Gasteiger partial charge on any atom is -0.477 e. The van der Waals surface area contributed by atoms with Gasteiger partial charge in [-0.2, -0.15) is 11.8 Å². The van der Waals surface area contributed by atoms with Crippen molar-refractivity contribution < 1.29 is 18.3 Å². The molecule has 1 rings (SSSR count). The lowest BCUT2D eigenvalue weighted by atomic mass is 10.3. The highest BCUT2D eigenvalue weighted by Crippen LogP contribution is 2.15. The first kappa shape index (κ1) is 16.1. The number of hydrogen-bond donors (Lipinski definition) is 2. The van der Waals surface area contributed by atoms with E-state index in [0.29, 0.717) is 12.2 Å². The van der Waals surface area contributed by atoms with Gasteiger partial charge in [0.15, 0.2) is 0 Å². The van der Waals surface area contributed by atoms with Gasteiger partial charge >= 0.3 is 5.97 Å². The molecule has 0 fully saturated rings. The standard InChI is InChI=1S/C11H18N2O4S2/c1-4-8(7-18-3)12-19(16,17)9-5-10(11(14)15)13(2)6-9/h5-6,8,12H,4,7H2,1-3H3,(H,14,15). The molecule has 0 radical (unpaired) electrons. The predicted octanol–water partition coefficient (Wildman–Crippen LogP) is 1.14. The number of aromatic carboxylic acids is 1. The summed E-state index contributed by atoms with van der Waals surface area (Å²) in [5.74, 6) is -0.478. The molecule has 0 aliphatic carbocycles. The maximum absolute atomic E-state index is 12.1. The minimum atomic E-state index is -3.68. The molecule has 0 aliphatic rings. The van der Waals surface area contributed by atoms with Crippen molar-refractivity contribution in [3.63, 3.8) is 0 Å². The van der Waals surface area contributed by atoms with Crippen molar-refractivity contribution in [1.82, 2.24) is 9.29 Å². The van der Waals surface area contributed by atoms with E-state index in [4.69, 9.17) is 5.11 Å². The minimum absolute atomic E-state index is 0.0213. The van der Waals surface area contributed by atoms with Crippen molar-refractivity contribution >= 4 is 27.8 Å². The number of nitrogens with one attached hydrogen (secondary N) is 1. The van der Waals surface area contributed by atoms with E-state index in [9.17, 15) is 13.2 Å². The maximum atomic E-state index is 12.1. The van der Waals surface area contributed by atoms with Gasteiger partial charge in [-0.05, 0) is 18.7 Å². The molecule has 0 aliphatic heterocycles. The lowest BCUT2D eigenvalue weighted by Crippen LogP contribution is -2.35. The molecule has 108 valence electrons. The SMILES string of the molecule is CCC(CSC)NS(=O)(=O)c1cc(C(=O)O)n(C)c1. The molecule has 1 atom stereocenters. The fourth-order valence-corrected chi connectivity index (χ4v) is 3.83. The Morgan fingerprint density at radius 2 is 2.21 bits per heavy atom. The van der Waals surface area contributed by atoms with Gasteiger partial charge in [0.05, 0.1) is 0 Å². The number of nitrogens with zero attached hydrogens (tertiary/aromatic N) is 1. The van der Waals surface area contributed by atoms with E-state index in [0.717, 1.165) is 6.07 Å². The van der Waals surface area contributed by atoms with Crippen LogP contribution in [0, 0.1) is 0 Å². The Hall–Kier alpha value is -0.990. The third kappa shape index (κ3) is 3.99. The van der Waals surface area contributed by atoms with Crippen LogP contribution in [-0.2, 0) is 17.1 Å². The molecular formula is C11H18N2O4S2. The second-order valence-electron chi connectivity index (χ2n) is 4.16. The lowest BCUT2D eigenvalue weighted by molar-refractivity contribution is 0.0686. The molecule has 0 amide bonds. The van der Waals surface area contributed by atoms with E-state index in [-0.39, 0.29) is 16.6 Å². The van der Waals surface area contributed by atoms with Crippen molar-refractivity contribution in [3.05, 3.63) is 18.0 Å². The first-order valence-corrected chi connectivity index (χ1v) is 8.60. The summed E-state index contributed by atoms with van der Waals surface area (Å²) in [5, 5.41) is 8.92. The number of hydrogen-bond acceptors (Lipinski definition) is 4. The number of carbonyl (C=O) groups is 1. The average molecular weight is 306 g/mol. The summed E-state index contributed by atoms with van der Waals surface area (Å²) in [6.45, 7) is 1.90. The molecule has 0 spiro atoms. The summed E-state index contributed by atoms with van der Waals surface area (Å²) in [7, 11) is -2.17. The fraction of sp³-hybridized carbons (Fsp3) is 0.545. The Balaban J connectivity index is 3.00. The van der Waals surface area contributed by atoms with Gasteiger partial charge in [-0.25, -0.2) is 17.9 Å². The summed E-state index contributed by atoms with van der Waals surface area (Å²) >= 11 is 1.56. The van der Waals surface area contributed by atoms with Gasteiger partial charge in [0, 0.05) is 25.0 Å². The van der Waals surface area contributed by atoms with Gasteiger partial charge in [-0.3, -0.25) is 0 Å². The molecule has 0 aromatic carbocycles. The fourth-order valence-electron chi connectivity index (χ4n) is 1.62. The number of carboxylic acid groups (broad SMARTS) is 1. The van der Waals surface area contributed by atoms with Gasteiger partial charge < -0.3 is 9.67 Å². The summed E-state index contributed by atoms with van der Waals surface area (Å²) < 4.78 is 28.1. The van der Waals surface area contributed by atoms with Crippen LogP contribution in [-0.4, -0.2) is 42.1 Å². The van der Waals surface area contributed by atoms with E-state index in [2.05, 4.69) is 4.72 Å². The number of carboxylic acids is 1. The first-order chi connectivity index (χ1) is 8.81. The van der Waals surface area contributed by atoms with Gasteiger partial charge in [0.1, 0.15) is 10.6 Å². The van der Waals surface area contributed by atoms with Crippen LogP contribution in [0.4, 0.5) is 0 Å². The van der Waals surface area contributed by atoms with Crippen molar-refractivity contribution in [1.29, 1.82) is 0 Å². The van der Waals surface area contributed by atoms with Gasteiger partial charge in [0.2, 0.25) is 10.0 Å². The van der Waals surface area contributed by atoms with Crippen molar-refractivity contribution in [2.45, 2.75) is 24.3 Å². The molecule has 1 unspecified atom stereocenters. The van der Waals surface area contributed by atoms with Crippen LogP contribution in [0.15, 0.2) is 17.2 Å². The molecule has 1 aromatic rings. The zero-order chi connectivity index (χ0) is 14.6. The van der Waals surface area contributed by atoms with Crippen LogP contribution < -0.4 is 4.72 Å². The maximum Gasteiger partial charge on any atom is 0.352 e. The highest BCUT2D eigenvalue weighted by atomic mass is 32.2. The molecule has 6 nitrogen and oxygen atoms in total. The monoisotopic (exact) mass is 306 g/mol. The Morgan fingerprint density at radius 3 is 2.63 bits per heavy atom. The molecule has 0 saturated carbocycles. The third-order valence-electron chi connectivity index (χ3n) is 2.69. The summed E-state index contributed by atoms with van der Waals surface area (Å²) in [6.07, 6.45) is 3.89. The number of aromatic nitrogens is 1. The quantitative estimate of drug-likeness (QED) is 0.789. The highest BCUT2D eigenvalue weighted by Gasteiger charge is 2.22. The molecule has 1 heterocycles. The molecule has 0 saturated heterocycles. The number of rotatable bonds is 7. The summed E-state index contributed by atoms with van der Waals surface area (Å²) in [5.41, 5.74) is -0.0571. The zero-order valence-electron chi connectivity index (χ0n) is 11.1. The molecule has 0 bridgehead atoms. The van der Waals surface area contributed by atoms with Crippen LogP contribution in [0.5, 0.6) is 0 Å². The van der Waals surface area contributed by atoms with E-state index >= 15 is 0 Å². The second kappa shape index (κ2) is 6.44. The number of sulfonamides is 1. The van der Waals surface area contributed by atoms with Crippen molar-refractivity contribution in [2.75, 3.05) is 12.0 Å². The van der Waals surface area contributed by atoms with E-state index in [1.165, 1.54) is 17.8 Å². The highest BCUT2D eigenvalue weighted by molar-refractivity contribution is 7.98. The number of thioether (sulfide) groups is 1. The van der Waals surface area contributed by atoms with Crippen LogP contribution >= 0.6 is 11.8 Å². The molecular weight excluding hydrogens is 288 g/mol. The van der Waals surface area contributed by atoms with E-state index < -0.39 is 16.0 Å². The third-order valence-corrected chi connectivity index (χ3v) is 4.91. The van der Waals surface area contributed by atoms with Crippen LogP contribution in [0.1, 0.15) is 23.8 Å². The molecule has 8 heteroatoms. The van der Waals surface area contributed by atoms with Crippen LogP contribution in [0.3, 0.4) is 0 Å². The van der Waals surface area contributed by atoms with Crippen molar-refractivity contribution in [3.8, 4) is 0 Å². The largest absolute Gasteiger partial charge is 0.477 e. The van der Waals surface area contributed by atoms with Gasteiger partial charge in [-0.1, -0.05) is 6.92 Å². The average Bonchev–Trinajstić information content (AvgIpc) is 2.71. The van der Waals surface area contributed by atoms with E-state index in [1.807, 2.05) is 13.2 Å². The lowest BCUT2D eigenvalue weighted by Gasteiger charge is -2.15. The van der Waals surface area contributed by atoms with Crippen molar-refractivity contribution in [2.24, 2.45) is 7.05 Å². The Morgan fingerprint density at radius 1 is 1.58 bits per heavy atom. The van der Waals surface area contributed by atoms with Gasteiger partial charge in [0.25, 0.3) is 0 Å². The van der Waals surface area contributed by atoms with Gasteiger partial charge in [-0.15, -0.1) is 0 Å². The normalized spacial score (nSPS) is 13.4. The first-order valence-electron chi connectivity index (χ1n) is 5.72. The Bertz CT molecular complexity index is 551. The smallest absolute Gasteiger partial charge is 0.352 e. The summed E-state index contributed by atoms with van der Waals surface area (Å²) in [6, 6.07) is 1.00. The number of aryl methyl sites for hydroxylation is 1. The molecule has 1 aromatic heterocycles. The Kier molecular flexibility index (Phi) is 5.45. The predicted molar refractivity (Wildman–Crippen MR) is 75.2 cm³/mol. The van der Waals surface area contributed by atoms with Crippen LogP contribution in [0.2, 0.25) is 0 Å². The Labute approximate surface area is 117 Å². The van der Waals surface area contributed by atoms with E-state index in [1.54, 1.807) is 11.8 Å². The second-order valence-corrected chi connectivity index (χ2v) is 6.78. The van der Waals surface area contributed by atoms with Crippen LogP contribution in [0.25, 0.3) is 0 Å². The molecule has 2 N–H and O–H groups in total. The zero-order valence-corrected chi connectivity index (χ0v) is 12.7. The topological polar surface area (TPSA) is 88.4 Å². The summed E-state index contributed by atoms with van der Waals surface area (Å²) in [4.78, 5) is 10.9.